The second kappa shape index (κ2) is 5.88. The van der Waals surface area contributed by atoms with E-state index in [1.54, 1.807) is 6.20 Å². The van der Waals surface area contributed by atoms with Gasteiger partial charge in [0.1, 0.15) is 18.2 Å². The molecule has 1 aromatic carbocycles. The summed E-state index contributed by atoms with van der Waals surface area (Å²) in [5.41, 5.74) is 0.448. The summed E-state index contributed by atoms with van der Waals surface area (Å²) < 4.78 is 14.5. The topological polar surface area (TPSA) is 63.8 Å². The SMILES string of the molecule is OC(Cn1cnc(-c2nccs2)n1)c1ccc(F)cc1Cl. The Morgan fingerprint density at radius 1 is 1.38 bits per heavy atom. The zero-order valence-electron chi connectivity index (χ0n) is 10.6. The Balaban J connectivity index is 1.77. The fourth-order valence-electron chi connectivity index (χ4n) is 1.86. The molecule has 108 valence electrons. The summed E-state index contributed by atoms with van der Waals surface area (Å²) in [7, 11) is 0. The van der Waals surface area contributed by atoms with E-state index in [-0.39, 0.29) is 11.6 Å². The molecular formula is C13H10ClFN4OS. The second-order valence-electron chi connectivity index (χ2n) is 4.31. The summed E-state index contributed by atoms with van der Waals surface area (Å²) >= 11 is 7.36. The van der Waals surface area contributed by atoms with Gasteiger partial charge < -0.3 is 5.11 Å². The van der Waals surface area contributed by atoms with E-state index in [0.717, 1.165) is 0 Å². The molecule has 0 bridgehead atoms. The van der Waals surface area contributed by atoms with E-state index >= 15 is 0 Å². The number of aromatic nitrogens is 4. The maximum atomic E-state index is 13.0. The zero-order chi connectivity index (χ0) is 14.8. The Morgan fingerprint density at radius 3 is 2.95 bits per heavy atom. The molecule has 5 nitrogen and oxygen atoms in total. The smallest absolute Gasteiger partial charge is 0.210 e. The van der Waals surface area contributed by atoms with Crippen molar-refractivity contribution in [2.24, 2.45) is 0 Å². The minimum Gasteiger partial charge on any atom is -0.386 e. The van der Waals surface area contributed by atoms with Crippen molar-refractivity contribution in [3.05, 3.63) is 52.5 Å². The van der Waals surface area contributed by atoms with E-state index < -0.39 is 11.9 Å². The van der Waals surface area contributed by atoms with Crippen LogP contribution < -0.4 is 0 Å². The average molecular weight is 325 g/mol. The molecule has 0 amide bonds. The highest BCUT2D eigenvalue weighted by molar-refractivity contribution is 7.12. The van der Waals surface area contributed by atoms with Gasteiger partial charge in [-0.05, 0) is 12.1 Å². The van der Waals surface area contributed by atoms with Crippen LogP contribution in [0.5, 0.6) is 0 Å². The Morgan fingerprint density at radius 2 is 2.24 bits per heavy atom. The van der Waals surface area contributed by atoms with Crippen molar-refractivity contribution in [1.82, 2.24) is 19.7 Å². The van der Waals surface area contributed by atoms with Gasteiger partial charge in [-0.2, -0.15) is 0 Å². The lowest BCUT2D eigenvalue weighted by Gasteiger charge is -2.12. The van der Waals surface area contributed by atoms with E-state index in [1.165, 1.54) is 40.5 Å². The van der Waals surface area contributed by atoms with Crippen molar-refractivity contribution in [1.29, 1.82) is 0 Å². The van der Waals surface area contributed by atoms with Crippen LogP contribution in [0.3, 0.4) is 0 Å². The van der Waals surface area contributed by atoms with Gasteiger partial charge in [-0.3, -0.25) is 0 Å². The fraction of sp³-hybridized carbons (Fsp3) is 0.154. The molecule has 0 spiro atoms. The van der Waals surface area contributed by atoms with Crippen LogP contribution in [0.1, 0.15) is 11.7 Å². The normalized spacial score (nSPS) is 12.5. The number of hydrogen-bond donors (Lipinski definition) is 1. The first-order valence-electron chi connectivity index (χ1n) is 6.06. The molecule has 3 rings (SSSR count). The van der Waals surface area contributed by atoms with Crippen LogP contribution in [0, 0.1) is 5.82 Å². The van der Waals surface area contributed by atoms with Crippen LogP contribution in [0.2, 0.25) is 5.02 Å². The molecule has 1 N–H and O–H groups in total. The largest absolute Gasteiger partial charge is 0.386 e. The van der Waals surface area contributed by atoms with E-state index in [4.69, 9.17) is 11.6 Å². The molecule has 2 aromatic heterocycles. The number of aliphatic hydroxyl groups excluding tert-OH is 1. The summed E-state index contributed by atoms with van der Waals surface area (Å²) in [4.78, 5) is 8.25. The first-order valence-corrected chi connectivity index (χ1v) is 7.31. The summed E-state index contributed by atoms with van der Waals surface area (Å²) in [6, 6.07) is 3.89. The number of aliphatic hydroxyl groups is 1. The molecule has 0 aliphatic rings. The number of benzene rings is 1. The third-order valence-electron chi connectivity index (χ3n) is 2.84. The molecular weight excluding hydrogens is 315 g/mol. The number of hydrogen-bond acceptors (Lipinski definition) is 5. The van der Waals surface area contributed by atoms with Gasteiger partial charge in [-0.1, -0.05) is 17.7 Å². The number of halogens is 2. The van der Waals surface area contributed by atoms with E-state index in [1.807, 2.05) is 5.38 Å². The zero-order valence-corrected chi connectivity index (χ0v) is 12.2. The minimum atomic E-state index is -0.899. The summed E-state index contributed by atoms with van der Waals surface area (Å²) in [5.74, 6) is 0.0603. The van der Waals surface area contributed by atoms with Gasteiger partial charge in [0, 0.05) is 22.2 Å². The third kappa shape index (κ3) is 3.10. The van der Waals surface area contributed by atoms with Gasteiger partial charge >= 0.3 is 0 Å². The van der Waals surface area contributed by atoms with Gasteiger partial charge in [0.05, 0.1) is 6.54 Å². The molecule has 0 saturated heterocycles. The highest BCUT2D eigenvalue weighted by atomic mass is 35.5. The molecule has 21 heavy (non-hydrogen) atoms. The van der Waals surface area contributed by atoms with Crippen molar-refractivity contribution in [2.75, 3.05) is 0 Å². The fourth-order valence-corrected chi connectivity index (χ4v) is 2.73. The van der Waals surface area contributed by atoms with Crippen LogP contribution in [-0.2, 0) is 6.54 Å². The van der Waals surface area contributed by atoms with Gasteiger partial charge in [-0.15, -0.1) is 16.4 Å². The maximum absolute atomic E-state index is 13.0. The first kappa shape index (κ1) is 14.1. The van der Waals surface area contributed by atoms with E-state index in [0.29, 0.717) is 16.4 Å². The van der Waals surface area contributed by atoms with Gasteiger partial charge in [0.2, 0.25) is 5.82 Å². The molecule has 0 aliphatic heterocycles. The lowest BCUT2D eigenvalue weighted by atomic mass is 10.1. The van der Waals surface area contributed by atoms with Crippen LogP contribution >= 0.6 is 22.9 Å². The van der Waals surface area contributed by atoms with Gasteiger partial charge in [-0.25, -0.2) is 19.0 Å². The Labute approximate surface area is 128 Å². The molecule has 8 heteroatoms. The molecule has 1 unspecified atom stereocenters. The van der Waals surface area contributed by atoms with Crippen LogP contribution in [0.4, 0.5) is 4.39 Å². The quantitative estimate of drug-likeness (QED) is 0.801. The molecule has 0 fully saturated rings. The maximum Gasteiger partial charge on any atom is 0.210 e. The van der Waals surface area contributed by atoms with Crippen LogP contribution in [-0.4, -0.2) is 24.9 Å². The van der Waals surface area contributed by atoms with E-state index in [2.05, 4.69) is 15.1 Å². The van der Waals surface area contributed by atoms with E-state index in [9.17, 15) is 9.50 Å². The Kier molecular flexibility index (Phi) is 3.96. The second-order valence-corrected chi connectivity index (χ2v) is 5.61. The molecule has 1 atom stereocenters. The number of nitrogens with zero attached hydrogens (tertiary/aromatic N) is 4. The van der Waals surface area contributed by atoms with Crippen molar-refractivity contribution in [2.45, 2.75) is 12.6 Å². The minimum absolute atomic E-state index is 0.170. The number of rotatable bonds is 4. The molecule has 0 saturated carbocycles. The van der Waals surface area contributed by atoms with Crippen LogP contribution in [0.25, 0.3) is 10.8 Å². The summed E-state index contributed by atoms with van der Waals surface area (Å²) in [5, 5.41) is 17.1. The average Bonchev–Trinajstić information content (AvgIpc) is 3.08. The highest BCUT2D eigenvalue weighted by Crippen LogP contribution is 2.25. The third-order valence-corrected chi connectivity index (χ3v) is 3.94. The standard InChI is InChI=1S/C13H10ClFN4OS/c14-10-5-8(15)1-2-9(10)11(20)6-19-7-17-12(18-19)13-16-3-4-21-13/h1-5,7,11,20H,6H2. The summed E-state index contributed by atoms with van der Waals surface area (Å²) in [6.45, 7) is 0.170. The van der Waals surface area contributed by atoms with Gasteiger partial charge in [0.15, 0.2) is 5.01 Å². The number of thiazole rings is 1. The molecule has 3 aromatic rings. The van der Waals surface area contributed by atoms with Gasteiger partial charge in [0.25, 0.3) is 0 Å². The summed E-state index contributed by atoms with van der Waals surface area (Å²) in [6.07, 6.45) is 2.29. The predicted molar refractivity (Wildman–Crippen MR) is 77.5 cm³/mol. The van der Waals surface area contributed by atoms with Crippen molar-refractivity contribution < 1.29 is 9.50 Å². The lowest BCUT2D eigenvalue weighted by molar-refractivity contribution is 0.151. The molecule has 0 aliphatic carbocycles. The predicted octanol–water partition coefficient (Wildman–Crippen LogP) is 2.93. The molecule has 0 radical (unpaired) electrons. The Hall–Kier alpha value is -1.83. The molecule has 2 heterocycles. The van der Waals surface area contributed by atoms with Crippen LogP contribution in [0.15, 0.2) is 36.1 Å². The monoisotopic (exact) mass is 324 g/mol. The Bertz CT molecular complexity index is 746. The van der Waals surface area contributed by atoms with Crippen molar-refractivity contribution in [3.63, 3.8) is 0 Å². The van der Waals surface area contributed by atoms with Crippen molar-refractivity contribution >= 4 is 22.9 Å². The highest BCUT2D eigenvalue weighted by Gasteiger charge is 2.15. The van der Waals surface area contributed by atoms with Crippen molar-refractivity contribution in [3.8, 4) is 10.8 Å². The first-order chi connectivity index (χ1) is 10.1. The lowest BCUT2D eigenvalue weighted by Crippen LogP contribution is -2.10.